The molecule has 0 amide bonds. The van der Waals surface area contributed by atoms with Crippen molar-refractivity contribution in [3.8, 4) is 0 Å². The minimum absolute atomic E-state index is 0.0492. The van der Waals surface area contributed by atoms with Gasteiger partial charge in [-0.1, -0.05) is 6.92 Å². The lowest BCUT2D eigenvalue weighted by atomic mass is 9.97. The predicted molar refractivity (Wildman–Crippen MR) is 78.0 cm³/mol. The molecule has 1 aliphatic heterocycles. The first kappa shape index (κ1) is 15.9. The van der Waals surface area contributed by atoms with Crippen LogP contribution in [0.1, 0.15) is 54.9 Å². The number of nitrogens with one attached hydrogen (secondary N) is 1. The molecule has 0 spiro atoms. The quantitative estimate of drug-likeness (QED) is 0.818. The van der Waals surface area contributed by atoms with Gasteiger partial charge < -0.3 is 10.1 Å². The van der Waals surface area contributed by atoms with Gasteiger partial charge in [-0.15, -0.1) is 0 Å². The van der Waals surface area contributed by atoms with Crippen molar-refractivity contribution < 1.29 is 4.74 Å². The monoisotopic (exact) mass is 256 g/mol. The van der Waals surface area contributed by atoms with Crippen LogP contribution in [0.3, 0.4) is 0 Å². The smallest absolute Gasteiger partial charge is 0.0760 e. The molecule has 0 aromatic rings. The third-order valence-corrected chi connectivity index (χ3v) is 3.72. The molecule has 0 radical (unpaired) electrons. The molecule has 2 unspecified atom stereocenters. The molecule has 1 aliphatic rings. The van der Waals surface area contributed by atoms with Crippen LogP contribution in [0.5, 0.6) is 0 Å². The molecule has 0 saturated carbocycles. The van der Waals surface area contributed by atoms with Crippen LogP contribution in [-0.4, -0.2) is 47.8 Å². The second-order valence-electron chi connectivity index (χ2n) is 7.09. The Bertz CT molecular complexity index is 247. The Balaban J connectivity index is 2.54. The van der Waals surface area contributed by atoms with E-state index in [0.29, 0.717) is 12.1 Å². The van der Waals surface area contributed by atoms with Gasteiger partial charge in [0.05, 0.1) is 11.2 Å². The van der Waals surface area contributed by atoms with Gasteiger partial charge in [0.15, 0.2) is 0 Å². The molecule has 18 heavy (non-hydrogen) atoms. The third-order valence-electron chi connectivity index (χ3n) is 3.72. The molecule has 108 valence electrons. The number of nitrogens with zero attached hydrogens (tertiary/aromatic N) is 1. The maximum Gasteiger partial charge on any atom is 0.0760 e. The first-order valence-electron chi connectivity index (χ1n) is 7.33. The summed E-state index contributed by atoms with van der Waals surface area (Å²) in [5.74, 6) is 0. The van der Waals surface area contributed by atoms with Gasteiger partial charge >= 0.3 is 0 Å². The molecule has 1 N–H and O–H groups in total. The van der Waals surface area contributed by atoms with E-state index in [-0.39, 0.29) is 11.2 Å². The summed E-state index contributed by atoms with van der Waals surface area (Å²) in [5, 5.41) is 3.60. The maximum absolute atomic E-state index is 6.13. The van der Waals surface area contributed by atoms with Crippen molar-refractivity contribution in [2.24, 2.45) is 0 Å². The fourth-order valence-electron chi connectivity index (χ4n) is 2.80. The molecule has 1 fully saturated rings. The second-order valence-corrected chi connectivity index (χ2v) is 7.09. The van der Waals surface area contributed by atoms with Crippen molar-refractivity contribution in [2.75, 3.05) is 19.6 Å². The molecular weight excluding hydrogens is 224 g/mol. The first-order valence-corrected chi connectivity index (χ1v) is 7.33. The van der Waals surface area contributed by atoms with E-state index in [1.165, 1.54) is 6.42 Å². The fourth-order valence-corrected chi connectivity index (χ4v) is 2.80. The zero-order valence-electron chi connectivity index (χ0n) is 13.3. The van der Waals surface area contributed by atoms with Crippen LogP contribution in [-0.2, 0) is 4.74 Å². The first-order chi connectivity index (χ1) is 8.15. The second kappa shape index (κ2) is 5.89. The van der Waals surface area contributed by atoms with E-state index in [1.807, 2.05) is 0 Å². The normalized spacial score (nSPS) is 26.8. The van der Waals surface area contributed by atoms with E-state index in [2.05, 4.69) is 58.7 Å². The van der Waals surface area contributed by atoms with Crippen LogP contribution >= 0.6 is 0 Å². The summed E-state index contributed by atoms with van der Waals surface area (Å²) in [6.07, 6.45) is 1.19. The highest BCUT2D eigenvalue weighted by atomic mass is 16.5. The van der Waals surface area contributed by atoms with Gasteiger partial charge in [0, 0.05) is 31.7 Å². The number of morpholine rings is 1. The Morgan fingerprint density at radius 1 is 1.11 bits per heavy atom. The largest absolute Gasteiger partial charge is 0.367 e. The summed E-state index contributed by atoms with van der Waals surface area (Å²) in [6, 6.07) is 1.16. The number of ether oxygens (including phenoxy) is 1. The average molecular weight is 256 g/mol. The van der Waals surface area contributed by atoms with Crippen LogP contribution in [0.25, 0.3) is 0 Å². The van der Waals surface area contributed by atoms with Gasteiger partial charge in [-0.2, -0.15) is 0 Å². The van der Waals surface area contributed by atoms with Gasteiger partial charge in [-0.25, -0.2) is 0 Å². The van der Waals surface area contributed by atoms with Crippen LogP contribution in [0, 0.1) is 0 Å². The Morgan fingerprint density at radius 3 is 2.06 bits per heavy atom. The molecule has 3 nitrogen and oxygen atoms in total. The van der Waals surface area contributed by atoms with Gasteiger partial charge in [0.25, 0.3) is 0 Å². The summed E-state index contributed by atoms with van der Waals surface area (Å²) in [7, 11) is 0. The fraction of sp³-hybridized carbons (Fsp3) is 1.00. The molecule has 0 aromatic carbocycles. The van der Waals surface area contributed by atoms with E-state index < -0.39 is 0 Å². The van der Waals surface area contributed by atoms with E-state index in [4.69, 9.17) is 4.74 Å². The molecule has 0 aliphatic carbocycles. The Labute approximate surface area is 113 Å². The van der Waals surface area contributed by atoms with Crippen LogP contribution in [0.4, 0.5) is 0 Å². The molecular formula is C15H32N2O. The van der Waals surface area contributed by atoms with Crippen molar-refractivity contribution in [3.63, 3.8) is 0 Å². The Morgan fingerprint density at radius 2 is 1.61 bits per heavy atom. The van der Waals surface area contributed by atoms with E-state index in [9.17, 15) is 0 Å². The summed E-state index contributed by atoms with van der Waals surface area (Å²) < 4.78 is 6.13. The lowest BCUT2D eigenvalue weighted by Crippen LogP contribution is -2.60. The van der Waals surface area contributed by atoms with E-state index >= 15 is 0 Å². The maximum atomic E-state index is 6.13. The molecule has 1 saturated heterocycles. The van der Waals surface area contributed by atoms with Gasteiger partial charge in [0.1, 0.15) is 0 Å². The zero-order chi connectivity index (χ0) is 14.0. The van der Waals surface area contributed by atoms with Crippen molar-refractivity contribution in [1.29, 1.82) is 0 Å². The third kappa shape index (κ3) is 4.87. The summed E-state index contributed by atoms with van der Waals surface area (Å²) in [4.78, 5) is 2.55. The number of hydrogen-bond acceptors (Lipinski definition) is 3. The van der Waals surface area contributed by atoms with Crippen molar-refractivity contribution >= 4 is 0 Å². The lowest BCUT2D eigenvalue weighted by Gasteiger charge is -2.49. The molecule has 3 heteroatoms. The van der Waals surface area contributed by atoms with Crippen molar-refractivity contribution in [2.45, 2.75) is 78.2 Å². The van der Waals surface area contributed by atoms with E-state index in [0.717, 1.165) is 19.6 Å². The summed E-state index contributed by atoms with van der Waals surface area (Å²) >= 11 is 0. The topological polar surface area (TPSA) is 24.5 Å². The number of hydrogen-bond donors (Lipinski definition) is 1. The number of rotatable bonds is 5. The highest BCUT2D eigenvalue weighted by molar-refractivity contribution is 4.91. The van der Waals surface area contributed by atoms with Crippen LogP contribution in [0.15, 0.2) is 0 Å². The molecule has 0 aromatic heterocycles. The van der Waals surface area contributed by atoms with Crippen molar-refractivity contribution in [3.05, 3.63) is 0 Å². The van der Waals surface area contributed by atoms with E-state index in [1.54, 1.807) is 0 Å². The molecule has 2 atom stereocenters. The predicted octanol–water partition coefficient (Wildman–Crippen LogP) is 2.65. The van der Waals surface area contributed by atoms with Gasteiger partial charge in [-0.3, -0.25) is 4.90 Å². The summed E-state index contributed by atoms with van der Waals surface area (Å²) in [5.41, 5.74) is -0.0984. The SMILES string of the molecule is CCC(C)NCC(C)N1CC(C)(C)OC(C)(C)C1. The highest BCUT2D eigenvalue weighted by Crippen LogP contribution is 2.28. The Hall–Kier alpha value is -0.120. The minimum atomic E-state index is -0.0492. The van der Waals surface area contributed by atoms with Crippen LogP contribution < -0.4 is 5.32 Å². The highest BCUT2D eigenvalue weighted by Gasteiger charge is 2.39. The summed E-state index contributed by atoms with van der Waals surface area (Å²) in [6.45, 7) is 18.6. The average Bonchev–Trinajstić information content (AvgIpc) is 2.20. The Kier molecular flexibility index (Phi) is 5.22. The van der Waals surface area contributed by atoms with Crippen molar-refractivity contribution in [1.82, 2.24) is 10.2 Å². The molecule has 0 bridgehead atoms. The standard InChI is InChI=1S/C15H32N2O/c1-8-12(2)16-9-13(3)17-10-14(4,5)18-15(6,7)11-17/h12-13,16H,8-11H2,1-7H3. The van der Waals surface area contributed by atoms with Crippen LogP contribution in [0.2, 0.25) is 0 Å². The minimum Gasteiger partial charge on any atom is -0.367 e. The zero-order valence-corrected chi connectivity index (χ0v) is 13.3. The van der Waals surface area contributed by atoms with Gasteiger partial charge in [0.2, 0.25) is 0 Å². The molecule has 1 rings (SSSR count). The molecule has 1 heterocycles. The van der Waals surface area contributed by atoms with Gasteiger partial charge in [-0.05, 0) is 48.0 Å². The lowest BCUT2D eigenvalue weighted by molar-refractivity contribution is -0.186.